The summed E-state index contributed by atoms with van der Waals surface area (Å²) in [6.07, 6.45) is 0. The summed E-state index contributed by atoms with van der Waals surface area (Å²) in [5.74, 6) is 5.74. The third-order valence-corrected chi connectivity index (χ3v) is 3.60. The highest BCUT2D eigenvalue weighted by atomic mass is 79.9. The Morgan fingerprint density at radius 2 is 2.10 bits per heavy atom. The van der Waals surface area contributed by atoms with Gasteiger partial charge in [0.15, 0.2) is 0 Å². The predicted octanol–water partition coefficient (Wildman–Crippen LogP) is 3.09. The van der Waals surface area contributed by atoms with Crippen LogP contribution in [0.2, 0.25) is 0 Å². The molecule has 2 rings (SSSR count). The fourth-order valence-corrected chi connectivity index (χ4v) is 2.01. The van der Waals surface area contributed by atoms with E-state index in [0.717, 1.165) is 15.7 Å². The van der Waals surface area contributed by atoms with E-state index < -0.39 is 4.92 Å². The molecule has 0 radical (unpaired) electrons. The molecule has 0 spiro atoms. The number of hydrogen-bond donors (Lipinski definition) is 3. The summed E-state index contributed by atoms with van der Waals surface area (Å²) in [6.45, 7) is 1.89. The van der Waals surface area contributed by atoms with Crippen LogP contribution >= 0.6 is 15.9 Å². The van der Waals surface area contributed by atoms with Crippen molar-refractivity contribution in [2.75, 3.05) is 10.7 Å². The minimum atomic E-state index is -0.497. The monoisotopic (exact) mass is 337 g/mol. The van der Waals surface area contributed by atoms with E-state index in [2.05, 4.69) is 31.7 Å². The van der Waals surface area contributed by atoms with Crippen molar-refractivity contribution in [1.29, 1.82) is 0 Å². The van der Waals surface area contributed by atoms with Crippen LogP contribution in [0.5, 0.6) is 0 Å². The van der Waals surface area contributed by atoms with Crippen LogP contribution in [0.4, 0.5) is 23.0 Å². The third-order valence-electron chi connectivity index (χ3n) is 2.74. The molecule has 1 aromatic heterocycles. The van der Waals surface area contributed by atoms with Gasteiger partial charge < -0.3 is 10.7 Å². The Balaban J connectivity index is 2.46. The minimum Gasteiger partial charge on any atom is -0.334 e. The minimum absolute atomic E-state index is 0.122. The molecule has 0 aliphatic heterocycles. The van der Waals surface area contributed by atoms with Gasteiger partial charge in [-0.2, -0.15) is 0 Å². The van der Waals surface area contributed by atoms with Crippen molar-refractivity contribution >= 4 is 38.9 Å². The summed E-state index contributed by atoms with van der Waals surface area (Å²) in [5.41, 5.74) is 3.89. The van der Waals surface area contributed by atoms with Gasteiger partial charge >= 0.3 is 5.69 Å². The topological polar surface area (TPSA) is 106 Å². The van der Waals surface area contributed by atoms with Crippen molar-refractivity contribution in [1.82, 2.24) is 4.98 Å². The molecule has 8 heteroatoms. The standard InChI is InChI=1S/C12H12BrN5O2/c1-7-8(13)3-2-4-9(7)15-12-10(18(19)20)5-6-11(16-12)17-14/h2-6H,14H2,1H3,(H2,15,16,17). The van der Waals surface area contributed by atoms with Crippen molar-refractivity contribution in [3.63, 3.8) is 0 Å². The number of halogens is 1. The van der Waals surface area contributed by atoms with E-state index in [0.29, 0.717) is 5.82 Å². The largest absolute Gasteiger partial charge is 0.334 e. The molecule has 0 aliphatic carbocycles. The average molecular weight is 338 g/mol. The highest BCUT2D eigenvalue weighted by Crippen LogP contribution is 2.30. The van der Waals surface area contributed by atoms with Gasteiger partial charge in [0.1, 0.15) is 5.82 Å². The maximum atomic E-state index is 11.0. The van der Waals surface area contributed by atoms with Crippen molar-refractivity contribution in [3.05, 3.63) is 50.5 Å². The first-order valence-electron chi connectivity index (χ1n) is 5.67. The number of anilines is 3. The van der Waals surface area contributed by atoms with Gasteiger partial charge in [-0.05, 0) is 30.7 Å². The number of nitro groups is 1. The number of nitrogens with one attached hydrogen (secondary N) is 2. The van der Waals surface area contributed by atoms with Crippen molar-refractivity contribution in [3.8, 4) is 0 Å². The number of aromatic nitrogens is 1. The van der Waals surface area contributed by atoms with Gasteiger partial charge in [-0.3, -0.25) is 10.1 Å². The van der Waals surface area contributed by atoms with E-state index in [1.165, 1.54) is 12.1 Å². The highest BCUT2D eigenvalue weighted by Gasteiger charge is 2.17. The van der Waals surface area contributed by atoms with Crippen molar-refractivity contribution < 1.29 is 4.92 Å². The van der Waals surface area contributed by atoms with Gasteiger partial charge in [0, 0.05) is 16.2 Å². The first-order chi connectivity index (χ1) is 9.52. The summed E-state index contributed by atoms with van der Waals surface area (Å²) >= 11 is 3.41. The maximum absolute atomic E-state index is 11.0. The molecule has 1 heterocycles. The fraction of sp³-hybridized carbons (Fsp3) is 0.0833. The van der Waals surface area contributed by atoms with Crippen LogP contribution < -0.4 is 16.6 Å². The van der Waals surface area contributed by atoms with Crippen molar-refractivity contribution in [2.24, 2.45) is 5.84 Å². The quantitative estimate of drug-likeness (QED) is 0.449. The molecule has 0 unspecified atom stereocenters. The lowest BCUT2D eigenvalue weighted by atomic mass is 10.2. The second-order valence-corrected chi connectivity index (χ2v) is 4.86. The average Bonchev–Trinajstić information content (AvgIpc) is 2.43. The second-order valence-electron chi connectivity index (χ2n) is 4.00. The summed E-state index contributed by atoms with van der Waals surface area (Å²) in [6, 6.07) is 8.32. The molecule has 0 atom stereocenters. The van der Waals surface area contributed by atoms with E-state index in [4.69, 9.17) is 5.84 Å². The number of nitrogens with zero attached hydrogens (tertiary/aromatic N) is 2. The van der Waals surface area contributed by atoms with Gasteiger partial charge in [-0.25, -0.2) is 10.8 Å². The molecular weight excluding hydrogens is 326 g/mol. The van der Waals surface area contributed by atoms with E-state index in [1.54, 1.807) is 0 Å². The van der Waals surface area contributed by atoms with Gasteiger partial charge in [0.25, 0.3) is 0 Å². The zero-order chi connectivity index (χ0) is 14.7. The van der Waals surface area contributed by atoms with Gasteiger partial charge in [-0.1, -0.05) is 22.0 Å². The predicted molar refractivity (Wildman–Crippen MR) is 80.9 cm³/mol. The Hall–Kier alpha value is -2.19. The smallest absolute Gasteiger partial charge is 0.311 e. The molecule has 4 N–H and O–H groups in total. The number of nitrogens with two attached hydrogens (primary N) is 1. The molecule has 0 amide bonds. The second kappa shape index (κ2) is 5.85. The molecule has 1 aromatic carbocycles. The Bertz CT molecular complexity index is 662. The van der Waals surface area contributed by atoms with E-state index in [1.807, 2.05) is 25.1 Å². The fourth-order valence-electron chi connectivity index (χ4n) is 1.64. The number of hydrazine groups is 1. The van der Waals surface area contributed by atoms with Crippen LogP contribution in [0.1, 0.15) is 5.56 Å². The zero-order valence-corrected chi connectivity index (χ0v) is 12.1. The van der Waals surface area contributed by atoms with Gasteiger partial charge in [0.05, 0.1) is 4.92 Å². The SMILES string of the molecule is Cc1c(Br)cccc1Nc1nc(NN)ccc1[N+](=O)[O-]. The van der Waals surface area contributed by atoms with E-state index in [-0.39, 0.29) is 11.5 Å². The molecular formula is C12H12BrN5O2. The molecule has 0 bridgehead atoms. The molecule has 0 saturated carbocycles. The highest BCUT2D eigenvalue weighted by molar-refractivity contribution is 9.10. The molecule has 2 aromatic rings. The lowest BCUT2D eigenvalue weighted by molar-refractivity contribution is -0.384. The Morgan fingerprint density at radius 3 is 2.75 bits per heavy atom. The number of nitrogen functional groups attached to an aromatic ring is 1. The Labute approximate surface area is 123 Å². The summed E-state index contributed by atoms with van der Waals surface area (Å²) < 4.78 is 0.901. The zero-order valence-electron chi connectivity index (χ0n) is 10.6. The molecule has 0 aliphatic rings. The summed E-state index contributed by atoms with van der Waals surface area (Å²) in [5, 5.41) is 14.0. The summed E-state index contributed by atoms with van der Waals surface area (Å²) in [7, 11) is 0. The van der Waals surface area contributed by atoms with Crippen molar-refractivity contribution in [2.45, 2.75) is 6.92 Å². The van der Waals surface area contributed by atoms with E-state index >= 15 is 0 Å². The van der Waals surface area contributed by atoms with Crippen LogP contribution in [-0.2, 0) is 0 Å². The van der Waals surface area contributed by atoms with Gasteiger partial charge in [0.2, 0.25) is 5.82 Å². The molecule has 0 fully saturated rings. The molecule has 20 heavy (non-hydrogen) atoms. The third kappa shape index (κ3) is 2.86. The number of rotatable bonds is 4. The Morgan fingerprint density at radius 1 is 1.35 bits per heavy atom. The van der Waals surface area contributed by atoms with Crippen LogP contribution in [0.25, 0.3) is 0 Å². The summed E-state index contributed by atoms with van der Waals surface area (Å²) in [4.78, 5) is 14.6. The molecule has 104 valence electrons. The maximum Gasteiger partial charge on any atom is 0.311 e. The van der Waals surface area contributed by atoms with Crippen LogP contribution in [0, 0.1) is 17.0 Å². The van der Waals surface area contributed by atoms with Gasteiger partial charge in [-0.15, -0.1) is 0 Å². The lowest BCUT2D eigenvalue weighted by Gasteiger charge is -2.11. The number of hydrogen-bond acceptors (Lipinski definition) is 6. The van der Waals surface area contributed by atoms with Crippen LogP contribution in [0.3, 0.4) is 0 Å². The lowest BCUT2D eigenvalue weighted by Crippen LogP contribution is -2.10. The first-order valence-corrected chi connectivity index (χ1v) is 6.46. The molecule has 7 nitrogen and oxygen atoms in total. The van der Waals surface area contributed by atoms with Crippen LogP contribution in [0.15, 0.2) is 34.8 Å². The normalized spacial score (nSPS) is 10.2. The van der Waals surface area contributed by atoms with Crippen LogP contribution in [-0.4, -0.2) is 9.91 Å². The number of benzene rings is 1. The number of pyridine rings is 1. The molecule has 0 saturated heterocycles. The van der Waals surface area contributed by atoms with E-state index in [9.17, 15) is 10.1 Å². The Kier molecular flexibility index (Phi) is 4.16. The first kappa shape index (κ1) is 14.2.